The van der Waals surface area contributed by atoms with Crippen molar-refractivity contribution in [3.8, 4) is 0 Å². The summed E-state index contributed by atoms with van der Waals surface area (Å²) in [6, 6.07) is 0. The number of ether oxygens (including phenoxy) is 1. The molecule has 0 amide bonds. The highest BCUT2D eigenvalue weighted by Gasteiger charge is 2.02. The van der Waals surface area contributed by atoms with E-state index in [2.05, 4.69) is 0 Å². The van der Waals surface area contributed by atoms with Gasteiger partial charge in [0.05, 0.1) is 12.8 Å². The highest BCUT2D eigenvalue weighted by Crippen LogP contribution is 2.13. The summed E-state index contributed by atoms with van der Waals surface area (Å²) in [5, 5.41) is 0. The number of allylic oxidation sites excluding steroid dienone is 2. The van der Waals surface area contributed by atoms with Gasteiger partial charge in [0, 0.05) is 0 Å². The van der Waals surface area contributed by atoms with E-state index in [-0.39, 0.29) is 0 Å². The first kappa shape index (κ1) is 6.20. The van der Waals surface area contributed by atoms with E-state index in [0.29, 0.717) is 0 Å². The van der Waals surface area contributed by atoms with Crippen LogP contribution >= 0.6 is 0 Å². The molecule has 0 aromatic rings. The maximum atomic E-state index is 5.56. The van der Waals surface area contributed by atoms with Gasteiger partial charge >= 0.3 is 0 Å². The first-order valence-corrected chi connectivity index (χ1v) is 3.04. The van der Waals surface area contributed by atoms with Crippen molar-refractivity contribution in [3.05, 3.63) is 23.6 Å². The van der Waals surface area contributed by atoms with Crippen molar-refractivity contribution < 1.29 is 4.74 Å². The largest absolute Gasteiger partial charge is 0.495 e. The maximum Gasteiger partial charge on any atom is 0.137 e. The van der Waals surface area contributed by atoms with Crippen molar-refractivity contribution in [1.29, 1.82) is 0 Å². The van der Waals surface area contributed by atoms with E-state index in [1.165, 1.54) is 0 Å². The van der Waals surface area contributed by atoms with E-state index >= 15 is 0 Å². The van der Waals surface area contributed by atoms with Crippen molar-refractivity contribution in [3.63, 3.8) is 0 Å². The van der Waals surface area contributed by atoms with Gasteiger partial charge in [0.25, 0.3) is 0 Å². The Labute approximate surface area is 55.0 Å². The molecule has 0 aromatic heterocycles. The Hall–Kier alpha value is -0.920. The number of hydrogen-bond donors (Lipinski definition) is 1. The van der Waals surface area contributed by atoms with E-state index in [1.807, 2.05) is 12.2 Å². The quantitative estimate of drug-likeness (QED) is 0.570. The van der Waals surface area contributed by atoms with E-state index in [9.17, 15) is 0 Å². The molecule has 0 saturated heterocycles. The van der Waals surface area contributed by atoms with Gasteiger partial charge in [0.2, 0.25) is 0 Å². The molecule has 0 bridgehead atoms. The second-order valence-electron chi connectivity index (χ2n) is 2.01. The lowest BCUT2D eigenvalue weighted by Crippen LogP contribution is -2.05. The van der Waals surface area contributed by atoms with Gasteiger partial charge in [-0.15, -0.1) is 0 Å². The van der Waals surface area contributed by atoms with Crippen molar-refractivity contribution in [1.82, 2.24) is 0 Å². The van der Waals surface area contributed by atoms with Crippen LogP contribution in [0.5, 0.6) is 0 Å². The minimum Gasteiger partial charge on any atom is -0.495 e. The fourth-order valence-electron chi connectivity index (χ4n) is 0.873. The minimum atomic E-state index is 0.767. The maximum absolute atomic E-state index is 5.56. The molecule has 1 aliphatic carbocycles. The molecule has 2 nitrogen and oxygen atoms in total. The van der Waals surface area contributed by atoms with Crippen LogP contribution in [-0.2, 0) is 4.74 Å². The lowest BCUT2D eigenvalue weighted by Gasteiger charge is -2.09. The average molecular weight is 125 g/mol. The molecule has 2 heteroatoms. The van der Waals surface area contributed by atoms with Crippen molar-refractivity contribution in [2.24, 2.45) is 5.73 Å². The van der Waals surface area contributed by atoms with E-state index in [0.717, 1.165) is 24.3 Å². The topological polar surface area (TPSA) is 35.2 Å². The van der Waals surface area contributed by atoms with Gasteiger partial charge in [-0.1, -0.05) is 6.08 Å². The van der Waals surface area contributed by atoms with Gasteiger partial charge in [-0.3, -0.25) is 0 Å². The summed E-state index contributed by atoms with van der Waals surface area (Å²) in [6.45, 7) is 0. The molecule has 0 unspecified atom stereocenters. The van der Waals surface area contributed by atoms with Crippen molar-refractivity contribution in [2.75, 3.05) is 7.11 Å². The Balaban J connectivity index is 2.68. The van der Waals surface area contributed by atoms with Crippen LogP contribution in [0, 0.1) is 0 Å². The molecule has 0 fully saturated rings. The first-order chi connectivity index (χ1) is 4.34. The summed E-state index contributed by atoms with van der Waals surface area (Å²) in [4.78, 5) is 0. The zero-order valence-corrected chi connectivity index (χ0v) is 5.55. The second kappa shape index (κ2) is 2.58. The van der Waals surface area contributed by atoms with Crippen molar-refractivity contribution >= 4 is 0 Å². The van der Waals surface area contributed by atoms with Gasteiger partial charge in [-0.25, -0.2) is 0 Å². The van der Waals surface area contributed by atoms with Crippen LogP contribution in [0.1, 0.15) is 12.8 Å². The number of methoxy groups -OCH3 is 1. The summed E-state index contributed by atoms with van der Waals surface area (Å²) in [5.41, 5.74) is 6.32. The Morgan fingerprint density at radius 1 is 1.44 bits per heavy atom. The monoisotopic (exact) mass is 125 g/mol. The predicted octanol–water partition coefficient (Wildman–Crippen LogP) is 1.15. The van der Waals surface area contributed by atoms with E-state index in [1.54, 1.807) is 7.11 Å². The molecule has 1 aliphatic rings. The SMILES string of the molecule is COC1=CCCC=C1N. The Morgan fingerprint density at radius 2 is 2.11 bits per heavy atom. The summed E-state index contributed by atoms with van der Waals surface area (Å²) in [6.07, 6.45) is 6.08. The molecule has 0 spiro atoms. The Morgan fingerprint density at radius 3 is 2.56 bits per heavy atom. The summed E-state index contributed by atoms with van der Waals surface area (Å²) >= 11 is 0. The molecule has 9 heavy (non-hydrogen) atoms. The van der Waals surface area contributed by atoms with Gasteiger partial charge in [0.1, 0.15) is 5.76 Å². The number of hydrogen-bond acceptors (Lipinski definition) is 2. The molecule has 0 aromatic carbocycles. The van der Waals surface area contributed by atoms with Crippen LogP contribution in [0.4, 0.5) is 0 Å². The van der Waals surface area contributed by atoms with Crippen LogP contribution in [0.25, 0.3) is 0 Å². The average Bonchev–Trinajstić information content (AvgIpc) is 1.89. The Kier molecular flexibility index (Phi) is 1.78. The fraction of sp³-hybridized carbons (Fsp3) is 0.429. The molecular formula is C7H11NO. The first-order valence-electron chi connectivity index (χ1n) is 3.04. The van der Waals surface area contributed by atoms with Gasteiger partial charge in [0.15, 0.2) is 0 Å². The molecule has 0 saturated carbocycles. The van der Waals surface area contributed by atoms with E-state index < -0.39 is 0 Å². The number of rotatable bonds is 1. The number of nitrogens with two attached hydrogens (primary N) is 1. The second-order valence-corrected chi connectivity index (χ2v) is 2.01. The van der Waals surface area contributed by atoms with Crippen LogP contribution in [0.2, 0.25) is 0 Å². The highest BCUT2D eigenvalue weighted by atomic mass is 16.5. The minimum absolute atomic E-state index is 0.767. The zero-order chi connectivity index (χ0) is 6.69. The third-order valence-corrected chi connectivity index (χ3v) is 1.37. The summed E-state index contributed by atoms with van der Waals surface area (Å²) in [7, 11) is 1.64. The smallest absolute Gasteiger partial charge is 0.137 e. The molecule has 0 aliphatic heterocycles. The van der Waals surface area contributed by atoms with Crippen molar-refractivity contribution in [2.45, 2.75) is 12.8 Å². The van der Waals surface area contributed by atoms with Crippen LogP contribution < -0.4 is 5.73 Å². The molecule has 0 heterocycles. The molecule has 0 atom stereocenters. The normalized spacial score (nSPS) is 18.3. The summed E-state index contributed by atoms with van der Waals surface area (Å²) < 4.78 is 4.97. The highest BCUT2D eigenvalue weighted by molar-refractivity contribution is 5.25. The van der Waals surface area contributed by atoms with Crippen LogP contribution in [-0.4, -0.2) is 7.11 Å². The van der Waals surface area contributed by atoms with Gasteiger partial charge in [-0.05, 0) is 18.9 Å². The van der Waals surface area contributed by atoms with Gasteiger partial charge < -0.3 is 10.5 Å². The molecule has 2 N–H and O–H groups in total. The lowest BCUT2D eigenvalue weighted by atomic mass is 10.1. The van der Waals surface area contributed by atoms with Crippen LogP contribution in [0.3, 0.4) is 0 Å². The molecule has 0 radical (unpaired) electrons. The summed E-state index contributed by atoms with van der Waals surface area (Å²) in [5.74, 6) is 0.821. The fourth-order valence-corrected chi connectivity index (χ4v) is 0.873. The third kappa shape index (κ3) is 1.25. The third-order valence-electron chi connectivity index (χ3n) is 1.37. The van der Waals surface area contributed by atoms with Crippen LogP contribution in [0.15, 0.2) is 23.6 Å². The molecule has 1 rings (SSSR count). The predicted molar refractivity (Wildman–Crippen MR) is 36.6 cm³/mol. The zero-order valence-electron chi connectivity index (χ0n) is 5.55. The lowest BCUT2D eigenvalue weighted by molar-refractivity contribution is 0.296. The Bertz CT molecular complexity index is 158. The van der Waals surface area contributed by atoms with E-state index in [4.69, 9.17) is 10.5 Å². The molecule has 50 valence electrons. The molecular weight excluding hydrogens is 114 g/mol. The standard InChI is InChI=1S/C7H11NO/c1-9-7-5-3-2-4-6(7)8/h4-5H,2-3,8H2,1H3. The van der Waals surface area contributed by atoms with Gasteiger partial charge in [-0.2, -0.15) is 0 Å².